The van der Waals surface area contributed by atoms with Gasteiger partial charge < -0.3 is 14.5 Å². The van der Waals surface area contributed by atoms with Gasteiger partial charge in [-0.25, -0.2) is 4.79 Å². The van der Waals surface area contributed by atoms with E-state index in [1.54, 1.807) is 15.9 Å². The second kappa shape index (κ2) is 7.98. The third kappa shape index (κ3) is 4.29. The molecule has 31 heavy (non-hydrogen) atoms. The van der Waals surface area contributed by atoms with Crippen molar-refractivity contribution in [2.75, 3.05) is 6.54 Å². The predicted molar refractivity (Wildman–Crippen MR) is 112 cm³/mol. The van der Waals surface area contributed by atoms with Crippen LogP contribution in [0.25, 0.3) is 0 Å². The summed E-state index contributed by atoms with van der Waals surface area (Å²) in [6, 6.07) is 4.94. The van der Waals surface area contributed by atoms with Crippen LogP contribution in [0.1, 0.15) is 80.4 Å². The Morgan fingerprint density at radius 2 is 1.87 bits per heavy atom. The number of fused-ring (bicyclic) bond motifs is 1. The topological polar surface area (TPSA) is 96.0 Å². The highest BCUT2D eigenvalue weighted by atomic mass is 16.6. The summed E-state index contributed by atoms with van der Waals surface area (Å²) >= 11 is 0. The van der Waals surface area contributed by atoms with Crippen molar-refractivity contribution in [3.63, 3.8) is 0 Å². The molecular weight excluding hydrogens is 398 g/mol. The van der Waals surface area contributed by atoms with E-state index in [-0.39, 0.29) is 30.4 Å². The third-order valence-electron chi connectivity index (χ3n) is 6.06. The van der Waals surface area contributed by atoms with Gasteiger partial charge in [-0.1, -0.05) is 12.1 Å². The van der Waals surface area contributed by atoms with E-state index in [0.717, 1.165) is 30.4 Å². The molecule has 0 aromatic heterocycles. The molecule has 3 heterocycles. The van der Waals surface area contributed by atoms with Gasteiger partial charge in [0, 0.05) is 25.1 Å². The maximum Gasteiger partial charge on any atom is 0.410 e. The Morgan fingerprint density at radius 1 is 1.10 bits per heavy atom. The molecule has 0 saturated carbocycles. The van der Waals surface area contributed by atoms with E-state index in [1.807, 2.05) is 32.9 Å². The molecule has 8 nitrogen and oxygen atoms in total. The number of piperidine rings is 2. The molecule has 0 radical (unpaired) electrons. The van der Waals surface area contributed by atoms with E-state index < -0.39 is 17.6 Å². The molecule has 3 aliphatic rings. The molecule has 0 bridgehead atoms. The molecule has 4 rings (SSSR count). The zero-order valence-corrected chi connectivity index (χ0v) is 18.3. The highest BCUT2D eigenvalue weighted by Crippen LogP contribution is 2.35. The Labute approximate surface area is 181 Å². The molecule has 4 amide bonds. The van der Waals surface area contributed by atoms with Crippen molar-refractivity contribution in [3.8, 4) is 0 Å². The fourth-order valence-corrected chi connectivity index (χ4v) is 4.62. The number of likely N-dealkylation sites (tertiary alicyclic amines) is 1. The number of nitrogens with one attached hydrogen (secondary N) is 1. The standard InChI is InChI=1S/C23H29N3O5/c1-23(2,3)31-22(30)25-11-5-4-6-17(25)14-7-8-16-15(12-14)13-26(21(16)29)18-9-10-19(27)24-20(18)28/h7-8,12,17-18H,4-6,9-11,13H2,1-3H3,(H,24,27,28)/t17-,18?/m1/s1. The average Bonchev–Trinajstić information content (AvgIpc) is 3.02. The average molecular weight is 428 g/mol. The maximum absolute atomic E-state index is 12.9. The highest BCUT2D eigenvalue weighted by molar-refractivity contribution is 6.05. The van der Waals surface area contributed by atoms with Crippen LogP contribution in [0.15, 0.2) is 18.2 Å². The fourth-order valence-electron chi connectivity index (χ4n) is 4.62. The number of carbonyl (C=O) groups excluding carboxylic acids is 4. The monoisotopic (exact) mass is 427 g/mol. The number of ether oxygens (including phenoxy) is 1. The molecule has 0 spiro atoms. The summed E-state index contributed by atoms with van der Waals surface area (Å²) in [6.07, 6.45) is 3.04. The SMILES string of the molecule is CC(C)(C)OC(=O)N1CCCC[C@@H]1c1ccc2c(c1)CN(C1CCC(=O)NC1=O)C2=O. The van der Waals surface area contributed by atoms with E-state index in [4.69, 9.17) is 4.74 Å². The van der Waals surface area contributed by atoms with Crippen LogP contribution in [-0.2, 0) is 20.9 Å². The van der Waals surface area contributed by atoms with Crippen LogP contribution in [0.2, 0.25) is 0 Å². The molecular formula is C23H29N3O5. The number of nitrogens with zero attached hydrogens (tertiary/aromatic N) is 2. The second-order valence-corrected chi connectivity index (χ2v) is 9.50. The second-order valence-electron chi connectivity index (χ2n) is 9.50. The van der Waals surface area contributed by atoms with Crippen molar-refractivity contribution >= 4 is 23.8 Å². The van der Waals surface area contributed by atoms with Gasteiger partial charge in [-0.15, -0.1) is 0 Å². The van der Waals surface area contributed by atoms with Crippen molar-refractivity contribution in [2.45, 2.75) is 77.1 Å². The van der Waals surface area contributed by atoms with Gasteiger partial charge in [0.05, 0.1) is 6.04 Å². The lowest BCUT2D eigenvalue weighted by molar-refractivity contribution is -0.136. The number of benzene rings is 1. The largest absolute Gasteiger partial charge is 0.444 e. The molecule has 166 valence electrons. The van der Waals surface area contributed by atoms with Crippen molar-refractivity contribution in [1.29, 1.82) is 0 Å². The first kappa shape index (κ1) is 21.3. The lowest BCUT2D eigenvalue weighted by atomic mass is 9.93. The number of amides is 4. The summed E-state index contributed by atoms with van der Waals surface area (Å²) in [5, 5.41) is 2.32. The van der Waals surface area contributed by atoms with Crippen LogP contribution in [-0.4, -0.2) is 51.8 Å². The fraction of sp³-hybridized carbons (Fsp3) is 0.565. The zero-order valence-electron chi connectivity index (χ0n) is 18.3. The van der Waals surface area contributed by atoms with E-state index in [1.165, 1.54) is 0 Å². The van der Waals surface area contributed by atoms with Gasteiger partial charge in [0.15, 0.2) is 0 Å². The van der Waals surface area contributed by atoms with E-state index in [9.17, 15) is 19.2 Å². The molecule has 8 heteroatoms. The molecule has 2 atom stereocenters. The Morgan fingerprint density at radius 3 is 2.58 bits per heavy atom. The van der Waals surface area contributed by atoms with E-state index >= 15 is 0 Å². The minimum Gasteiger partial charge on any atom is -0.444 e. The Kier molecular flexibility index (Phi) is 5.49. The van der Waals surface area contributed by atoms with Crippen LogP contribution in [0, 0.1) is 0 Å². The van der Waals surface area contributed by atoms with Crippen LogP contribution in [0.3, 0.4) is 0 Å². The Balaban J connectivity index is 1.55. The van der Waals surface area contributed by atoms with Crippen LogP contribution < -0.4 is 5.32 Å². The van der Waals surface area contributed by atoms with Gasteiger partial charge >= 0.3 is 6.09 Å². The minimum atomic E-state index is -0.631. The van der Waals surface area contributed by atoms with Crippen LogP contribution in [0.4, 0.5) is 4.79 Å². The molecule has 1 aromatic rings. The molecule has 3 aliphatic heterocycles. The van der Waals surface area contributed by atoms with E-state index in [2.05, 4.69) is 5.32 Å². The van der Waals surface area contributed by atoms with Crippen molar-refractivity contribution < 1.29 is 23.9 Å². The van der Waals surface area contributed by atoms with E-state index in [0.29, 0.717) is 25.1 Å². The number of imide groups is 1. The maximum atomic E-state index is 12.9. The predicted octanol–water partition coefficient (Wildman–Crippen LogP) is 2.91. The lowest BCUT2D eigenvalue weighted by Gasteiger charge is -2.37. The van der Waals surface area contributed by atoms with Crippen molar-refractivity contribution in [3.05, 3.63) is 34.9 Å². The summed E-state index contributed by atoms with van der Waals surface area (Å²) in [6.45, 7) is 6.53. The van der Waals surface area contributed by atoms with Crippen LogP contribution in [0.5, 0.6) is 0 Å². The van der Waals surface area contributed by atoms with Gasteiger partial charge in [-0.05, 0) is 63.6 Å². The molecule has 0 aliphatic carbocycles. The Hall–Kier alpha value is -2.90. The van der Waals surface area contributed by atoms with Gasteiger partial charge in [0.25, 0.3) is 5.91 Å². The Bertz CT molecular complexity index is 936. The zero-order chi connectivity index (χ0) is 22.3. The first-order valence-corrected chi connectivity index (χ1v) is 10.9. The normalized spacial score (nSPS) is 24.2. The summed E-state index contributed by atoms with van der Waals surface area (Å²) < 4.78 is 5.61. The summed E-state index contributed by atoms with van der Waals surface area (Å²) in [7, 11) is 0. The smallest absolute Gasteiger partial charge is 0.410 e. The molecule has 1 aromatic carbocycles. The molecule has 2 saturated heterocycles. The lowest BCUT2D eigenvalue weighted by Crippen LogP contribution is -2.52. The van der Waals surface area contributed by atoms with Gasteiger partial charge in [0.1, 0.15) is 11.6 Å². The summed E-state index contributed by atoms with van der Waals surface area (Å²) in [5.74, 6) is -0.906. The summed E-state index contributed by atoms with van der Waals surface area (Å²) in [5.41, 5.74) is 1.84. The number of carbonyl (C=O) groups is 4. The number of hydrogen-bond donors (Lipinski definition) is 1. The molecule has 2 fully saturated rings. The number of rotatable bonds is 2. The van der Waals surface area contributed by atoms with Gasteiger partial charge in [-0.2, -0.15) is 0 Å². The van der Waals surface area contributed by atoms with Crippen molar-refractivity contribution in [1.82, 2.24) is 15.1 Å². The quantitative estimate of drug-likeness (QED) is 0.732. The first-order chi connectivity index (χ1) is 14.6. The number of hydrogen-bond acceptors (Lipinski definition) is 5. The first-order valence-electron chi connectivity index (χ1n) is 10.9. The minimum absolute atomic E-state index is 0.103. The molecule has 1 N–H and O–H groups in total. The highest BCUT2D eigenvalue weighted by Gasteiger charge is 2.40. The van der Waals surface area contributed by atoms with Crippen LogP contribution >= 0.6 is 0 Å². The van der Waals surface area contributed by atoms with Crippen molar-refractivity contribution in [2.24, 2.45) is 0 Å². The van der Waals surface area contributed by atoms with Gasteiger partial charge in [-0.3, -0.25) is 19.7 Å². The van der Waals surface area contributed by atoms with Gasteiger partial charge in [0.2, 0.25) is 11.8 Å². The molecule has 1 unspecified atom stereocenters. The summed E-state index contributed by atoms with van der Waals surface area (Å²) in [4.78, 5) is 52.7. The third-order valence-corrected chi connectivity index (χ3v) is 6.06.